The van der Waals surface area contributed by atoms with Gasteiger partial charge >= 0.3 is 5.97 Å². The molecule has 0 heterocycles. The van der Waals surface area contributed by atoms with Gasteiger partial charge in [0, 0.05) is 13.7 Å². The van der Waals surface area contributed by atoms with Crippen LogP contribution in [0.5, 0.6) is 0 Å². The third-order valence-corrected chi connectivity index (χ3v) is 4.84. The van der Waals surface area contributed by atoms with E-state index in [4.69, 9.17) is 9.84 Å². The molecule has 0 saturated heterocycles. The quantitative estimate of drug-likeness (QED) is 0.793. The Kier molecular flexibility index (Phi) is 5.88. The van der Waals surface area contributed by atoms with Gasteiger partial charge in [0.2, 0.25) is 10.0 Å². The number of sulfonamides is 1. The molecular formula is C14H21NO5S. The minimum atomic E-state index is -3.70. The first-order chi connectivity index (χ1) is 9.67. The molecule has 21 heavy (non-hydrogen) atoms. The van der Waals surface area contributed by atoms with Gasteiger partial charge in [-0.25, -0.2) is 13.1 Å². The minimum absolute atomic E-state index is 0.0854. The molecule has 1 aromatic carbocycles. The van der Waals surface area contributed by atoms with Gasteiger partial charge in [0.1, 0.15) is 0 Å². The number of methoxy groups -OCH3 is 1. The van der Waals surface area contributed by atoms with E-state index in [0.717, 1.165) is 5.56 Å². The number of benzene rings is 1. The van der Waals surface area contributed by atoms with Crippen LogP contribution in [0, 0.1) is 20.8 Å². The van der Waals surface area contributed by atoms with E-state index in [1.807, 2.05) is 6.92 Å². The fraction of sp³-hybridized carbons (Fsp3) is 0.500. The average Bonchev–Trinajstić information content (AvgIpc) is 2.32. The lowest BCUT2D eigenvalue weighted by Crippen LogP contribution is -2.35. The van der Waals surface area contributed by atoms with E-state index in [0.29, 0.717) is 11.1 Å². The molecule has 7 heteroatoms. The Bertz CT molecular complexity index is 601. The standard InChI is InChI=1S/C14H21NO5S/c1-9-5-10(2)14(11(3)6-9)21(18,19)15-8-12(20-4)7-13(16)17/h5-6,12,15H,7-8H2,1-4H3,(H,16,17). The van der Waals surface area contributed by atoms with Crippen molar-refractivity contribution in [2.45, 2.75) is 38.2 Å². The van der Waals surface area contributed by atoms with E-state index in [1.165, 1.54) is 7.11 Å². The molecule has 1 unspecified atom stereocenters. The van der Waals surface area contributed by atoms with Crippen LogP contribution in [-0.2, 0) is 19.6 Å². The first-order valence-corrected chi connectivity index (χ1v) is 7.97. The lowest BCUT2D eigenvalue weighted by Gasteiger charge is -2.16. The molecule has 0 aliphatic carbocycles. The number of aliphatic carboxylic acids is 1. The summed E-state index contributed by atoms with van der Waals surface area (Å²) in [6.07, 6.45) is -0.964. The normalized spacial score (nSPS) is 13.1. The number of carboxylic acids is 1. The topological polar surface area (TPSA) is 92.7 Å². The Labute approximate surface area is 125 Å². The van der Waals surface area contributed by atoms with Crippen molar-refractivity contribution in [1.82, 2.24) is 4.72 Å². The van der Waals surface area contributed by atoms with Gasteiger partial charge in [-0.2, -0.15) is 0 Å². The molecule has 0 spiro atoms. The molecule has 0 saturated carbocycles. The van der Waals surface area contributed by atoms with Crippen LogP contribution in [-0.4, -0.2) is 39.3 Å². The number of nitrogens with one attached hydrogen (secondary N) is 1. The maximum atomic E-state index is 12.4. The molecule has 6 nitrogen and oxygen atoms in total. The third kappa shape index (κ3) is 4.80. The van der Waals surface area contributed by atoms with Gasteiger partial charge < -0.3 is 9.84 Å². The van der Waals surface area contributed by atoms with Gasteiger partial charge in [0.05, 0.1) is 17.4 Å². The summed E-state index contributed by atoms with van der Waals surface area (Å²) in [4.78, 5) is 10.9. The van der Waals surface area contributed by atoms with E-state index < -0.39 is 22.1 Å². The first kappa shape index (κ1) is 17.6. The van der Waals surface area contributed by atoms with E-state index in [9.17, 15) is 13.2 Å². The van der Waals surface area contributed by atoms with Crippen molar-refractivity contribution >= 4 is 16.0 Å². The largest absolute Gasteiger partial charge is 0.481 e. The van der Waals surface area contributed by atoms with Gasteiger partial charge in [-0.3, -0.25) is 4.79 Å². The summed E-state index contributed by atoms with van der Waals surface area (Å²) in [5.74, 6) is -1.04. The predicted molar refractivity (Wildman–Crippen MR) is 78.9 cm³/mol. The lowest BCUT2D eigenvalue weighted by atomic mass is 10.1. The Morgan fingerprint density at radius 3 is 2.24 bits per heavy atom. The van der Waals surface area contributed by atoms with Gasteiger partial charge in [-0.15, -0.1) is 0 Å². The molecule has 1 rings (SSSR count). The number of ether oxygens (including phenoxy) is 1. The summed E-state index contributed by atoms with van der Waals surface area (Å²) in [6.45, 7) is 5.29. The number of hydrogen-bond acceptors (Lipinski definition) is 4. The SMILES string of the molecule is COC(CNS(=O)(=O)c1c(C)cc(C)cc1C)CC(=O)O. The fourth-order valence-electron chi connectivity index (χ4n) is 2.30. The predicted octanol–water partition coefficient (Wildman–Crippen LogP) is 1.38. The van der Waals surface area contributed by atoms with Crippen LogP contribution in [0.25, 0.3) is 0 Å². The zero-order chi connectivity index (χ0) is 16.2. The molecule has 0 fully saturated rings. The molecule has 0 bridgehead atoms. The van der Waals surface area contributed by atoms with Crippen molar-refractivity contribution in [2.24, 2.45) is 0 Å². The van der Waals surface area contributed by atoms with E-state index >= 15 is 0 Å². The molecule has 0 aliphatic rings. The van der Waals surface area contributed by atoms with Crippen molar-refractivity contribution in [3.05, 3.63) is 28.8 Å². The summed E-state index contributed by atoms with van der Waals surface area (Å²) in [5.41, 5.74) is 2.31. The van der Waals surface area contributed by atoms with E-state index in [2.05, 4.69) is 4.72 Å². The van der Waals surface area contributed by atoms with Crippen molar-refractivity contribution in [2.75, 3.05) is 13.7 Å². The zero-order valence-electron chi connectivity index (χ0n) is 12.6. The summed E-state index contributed by atoms with van der Waals surface area (Å²) < 4.78 is 32.1. The highest BCUT2D eigenvalue weighted by atomic mass is 32.2. The number of carbonyl (C=O) groups is 1. The van der Waals surface area contributed by atoms with Gasteiger partial charge in [-0.05, 0) is 31.9 Å². The summed E-state index contributed by atoms with van der Waals surface area (Å²) in [5, 5.41) is 8.72. The molecule has 2 N–H and O–H groups in total. The fourth-order valence-corrected chi connectivity index (χ4v) is 3.81. The number of rotatable bonds is 7. The second-order valence-electron chi connectivity index (χ2n) is 5.04. The monoisotopic (exact) mass is 315 g/mol. The van der Waals surface area contributed by atoms with Gasteiger partial charge in [0.25, 0.3) is 0 Å². The Balaban J connectivity index is 2.95. The zero-order valence-corrected chi connectivity index (χ0v) is 13.5. The third-order valence-electron chi connectivity index (χ3n) is 3.11. The van der Waals surface area contributed by atoms with Gasteiger partial charge in [0.15, 0.2) is 0 Å². The maximum absolute atomic E-state index is 12.4. The summed E-state index contributed by atoms with van der Waals surface area (Å²) in [7, 11) is -2.35. The highest BCUT2D eigenvalue weighted by molar-refractivity contribution is 7.89. The second-order valence-corrected chi connectivity index (χ2v) is 6.74. The van der Waals surface area contributed by atoms with Crippen LogP contribution in [0.15, 0.2) is 17.0 Å². The van der Waals surface area contributed by atoms with Crippen LogP contribution in [0.4, 0.5) is 0 Å². The summed E-state index contributed by atoms with van der Waals surface area (Å²) in [6, 6.07) is 3.60. The number of carboxylic acid groups (broad SMARTS) is 1. The maximum Gasteiger partial charge on any atom is 0.306 e. The Hall–Kier alpha value is -1.44. The van der Waals surface area contributed by atoms with Gasteiger partial charge in [-0.1, -0.05) is 17.7 Å². The molecular weight excluding hydrogens is 294 g/mol. The number of aryl methyl sites for hydroxylation is 3. The Morgan fingerprint density at radius 2 is 1.81 bits per heavy atom. The lowest BCUT2D eigenvalue weighted by molar-refractivity contribution is -0.139. The second kappa shape index (κ2) is 7.02. The molecule has 0 aromatic heterocycles. The van der Waals surface area contributed by atoms with E-state index in [1.54, 1.807) is 26.0 Å². The summed E-state index contributed by atoms with van der Waals surface area (Å²) >= 11 is 0. The molecule has 1 atom stereocenters. The molecule has 1 aromatic rings. The van der Waals surface area contributed by atoms with Crippen molar-refractivity contribution < 1.29 is 23.1 Å². The van der Waals surface area contributed by atoms with Crippen LogP contribution in [0.2, 0.25) is 0 Å². The molecule has 0 aliphatic heterocycles. The molecule has 0 amide bonds. The molecule has 118 valence electrons. The number of hydrogen-bond donors (Lipinski definition) is 2. The Morgan fingerprint density at radius 1 is 1.29 bits per heavy atom. The van der Waals surface area contributed by atoms with Crippen LogP contribution < -0.4 is 4.72 Å². The van der Waals surface area contributed by atoms with Crippen molar-refractivity contribution in [3.63, 3.8) is 0 Å². The van der Waals surface area contributed by atoms with Crippen LogP contribution in [0.3, 0.4) is 0 Å². The smallest absolute Gasteiger partial charge is 0.306 e. The highest BCUT2D eigenvalue weighted by Gasteiger charge is 2.22. The van der Waals surface area contributed by atoms with Crippen molar-refractivity contribution in [3.8, 4) is 0 Å². The minimum Gasteiger partial charge on any atom is -0.481 e. The average molecular weight is 315 g/mol. The van der Waals surface area contributed by atoms with Crippen LogP contribution in [0.1, 0.15) is 23.1 Å². The highest BCUT2D eigenvalue weighted by Crippen LogP contribution is 2.21. The molecule has 0 radical (unpaired) electrons. The van der Waals surface area contributed by atoms with E-state index in [-0.39, 0.29) is 17.9 Å². The van der Waals surface area contributed by atoms with Crippen molar-refractivity contribution in [1.29, 1.82) is 0 Å². The first-order valence-electron chi connectivity index (χ1n) is 6.49. The van der Waals surface area contributed by atoms with Crippen LogP contribution >= 0.6 is 0 Å².